The van der Waals surface area contributed by atoms with E-state index in [0.29, 0.717) is 28.4 Å². The Bertz CT molecular complexity index is 1250. The Labute approximate surface area is 186 Å². The molecule has 0 fully saturated rings. The molecule has 9 heteroatoms. The van der Waals surface area contributed by atoms with Gasteiger partial charge < -0.3 is 14.8 Å². The number of ether oxygens (including phenoxy) is 2. The van der Waals surface area contributed by atoms with Crippen LogP contribution in [-0.2, 0) is 10.0 Å². The van der Waals surface area contributed by atoms with Crippen LogP contribution in [0, 0.1) is 18.3 Å². The molecule has 3 rings (SSSR count). The third-order valence-electron chi connectivity index (χ3n) is 4.52. The van der Waals surface area contributed by atoms with E-state index in [0.717, 1.165) is 0 Å². The van der Waals surface area contributed by atoms with Gasteiger partial charge in [0.1, 0.15) is 17.6 Å². The summed E-state index contributed by atoms with van der Waals surface area (Å²) in [5, 5.41) is 11.3. The van der Waals surface area contributed by atoms with Crippen molar-refractivity contribution >= 4 is 27.3 Å². The van der Waals surface area contributed by atoms with Crippen molar-refractivity contribution in [2.24, 2.45) is 0 Å². The number of benzene rings is 3. The number of hydrogen-bond acceptors (Lipinski definition) is 6. The first-order valence-electron chi connectivity index (χ1n) is 9.51. The smallest absolute Gasteiger partial charge is 0.261 e. The molecule has 0 spiro atoms. The Morgan fingerprint density at radius 2 is 1.59 bits per heavy atom. The number of hydrogen-bond donors (Lipinski definition) is 2. The molecule has 32 heavy (non-hydrogen) atoms. The van der Waals surface area contributed by atoms with Crippen LogP contribution in [0.1, 0.15) is 15.9 Å². The summed E-state index contributed by atoms with van der Waals surface area (Å²) < 4.78 is 38.4. The fraction of sp³-hybridized carbons (Fsp3) is 0.130. The van der Waals surface area contributed by atoms with Gasteiger partial charge in [0.2, 0.25) is 0 Å². The van der Waals surface area contributed by atoms with Crippen LogP contribution < -0.4 is 19.5 Å². The Hall–Kier alpha value is -4.03. The fourth-order valence-corrected chi connectivity index (χ4v) is 3.92. The molecule has 0 saturated heterocycles. The predicted octanol–water partition coefficient (Wildman–Crippen LogP) is 3.96. The molecule has 0 aromatic heterocycles. The van der Waals surface area contributed by atoms with E-state index in [1.54, 1.807) is 61.5 Å². The zero-order valence-corrected chi connectivity index (χ0v) is 18.3. The third-order valence-corrected chi connectivity index (χ3v) is 5.90. The Kier molecular flexibility index (Phi) is 6.97. The first-order valence-corrected chi connectivity index (χ1v) is 11.0. The lowest BCUT2D eigenvalue weighted by molar-refractivity contribution is 0.102. The molecule has 0 bridgehead atoms. The molecule has 0 atom stereocenters. The summed E-state index contributed by atoms with van der Waals surface area (Å²) in [5.41, 5.74) is 1.73. The number of nitrogens with zero attached hydrogens (tertiary/aromatic N) is 1. The van der Waals surface area contributed by atoms with E-state index in [4.69, 9.17) is 14.7 Å². The number of amides is 1. The SMILES string of the molecule is COc1ccc(NS(=O)(=O)c2ccc(C)c(C(=O)Nc3ccc(OCC#N)cc3)c2)cc1. The monoisotopic (exact) mass is 451 g/mol. The molecule has 0 aliphatic carbocycles. The van der Waals surface area contributed by atoms with Gasteiger partial charge >= 0.3 is 0 Å². The number of rotatable bonds is 8. The zero-order valence-electron chi connectivity index (χ0n) is 17.5. The van der Waals surface area contributed by atoms with Gasteiger partial charge in [-0.1, -0.05) is 6.07 Å². The number of anilines is 2. The van der Waals surface area contributed by atoms with Gasteiger partial charge in [-0.3, -0.25) is 9.52 Å². The van der Waals surface area contributed by atoms with E-state index >= 15 is 0 Å². The van der Waals surface area contributed by atoms with Crippen LogP contribution in [0.15, 0.2) is 71.6 Å². The molecule has 2 N–H and O–H groups in total. The second-order valence-electron chi connectivity index (χ2n) is 6.74. The first-order chi connectivity index (χ1) is 15.3. The standard InChI is InChI=1S/C23H21N3O5S/c1-16-3-12-21(32(28,29)26-18-6-8-19(30-2)9-7-18)15-22(16)23(27)25-17-4-10-20(11-5-17)31-14-13-24/h3-12,15,26H,14H2,1-2H3,(H,25,27). The molecule has 0 saturated carbocycles. The molecule has 0 radical (unpaired) electrons. The van der Waals surface area contributed by atoms with E-state index < -0.39 is 15.9 Å². The highest BCUT2D eigenvalue weighted by atomic mass is 32.2. The van der Waals surface area contributed by atoms with E-state index in [-0.39, 0.29) is 17.1 Å². The predicted molar refractivity (Wildman–Crippen MR) is 120 cm³/mol. The number of sulfonamides is 1. The number of nitriles is 1. The van der Waals surface area contributed by atoms with E-state index in [9.17, 15) is 13.2 Å². The summed E-state index contributed by atoms with van der Waals surface area (Å²) in [5.74, 6) is 0.653. The van der Waals surface area contributed by atoms with Crippen molar-refractivity contribution in [3.63, 3.8) is 0 Å². The highest BCUT2D eigenvalue weighted by Crippen LogP contribution is 2.22. The Morgan fingerprint density at radius 1 is 0.969 bits per heavy atom. The summed E-state index contributed by atoms with van der Waals surface area (Å²) >= 11 is 0. The van der Waals surface area contributed by atoms with E-state index in [1.807, 2.05) is 6.07 Å². The Balaban J connectivity index is 1.78. The minimum Gasteiger partial charge on any atom is -0.497 e. The molecule has 164 valence electrons. The lowest BCUT2D eigenvalue weighted by atomic mass is 10.1. The van der Waals surface area contributed by atoms with Gasteiger partial charge in [-0.05, 0) is 73.2 Å². The van der Waals surface area contributed by atoms with Crippen molar-refractivity contribution < 1.29 is 22.7 Å². The Morgan fingerprint density at radius 3 is 2.22 bits per heavy atom. The van der Waals surface area contributed by atoms with Crippen LogP contribution in [0.25, 0.3) is 0 Å². The number of carbonyl (C=O) groups is 1. The number of nitrogens with one attached hydrogen (secondary N) is 2. The summed E-state index contributed by atoms with van der Waals surface area (Å²) in [6.45, 7) is 1.65. The number of aryl methyl sites for hydroxylation is 1. The van der Waals surface area contributed by atoms with Gasteiger partial charge in [-0.2, -0.15) is 5.26 Å². The average molecular weight is 452 g/mol. The van der Waals surface area contributed by atoms with Crippen molar-refractivity contribution in [3.05, 3.63) is 77.9 Å². The van der Waals surface area contributed by atoms with Gasteiger partial charge in [-0.15, -0.1) is 0 Å². The van der Waals surface area contributed by atoms with Crippen molar-refractivity contribution in [1.82, 2.24) is 0 Å². The molecular formula is C23H21N3O5S. The summed E-state index contributed by atoms with van der Waals surface area (Å²) in [4.78, 5) is 12.7. The summed E-state index contributed by atoms with van der Waals surface area (Å²) in [7, 11) is -2.38. The van der Waals surface area contributed by atoms with E-state index in [2.05, 4.69) is 10.0 Å². The van der Waals surface area contributed by atoms with Crippen molar-refractivity contribution in [2.75, 3.05) is 23.8 Å². The number of carbonyl (C=O) groups excluding carboxylic acids is 1. The first kappa shape index (κ1) is 22.7. The average Bonchev–Trinajstić information content (AvgIpc) is 2.79. The van der Waals surface area contributed by atoms with Gasteiger partial charge in [-0.25, -0.2) is 8.42 Å². The molecule has 3 aromatic carbocycles. The zero-order chi connectivity index (χ0) is 23.1. The van der Waals surface area contributed by atoms with Crippen molar-refractivity contribution in [2.45, 2.75) is 11.8 Å². The van der Waals surface area contributed by atoms with Crippen molar-refractivity contribution in [1.29, 1.82) is 5.26 Å². The van der Waals surface area contributed by atoms with Crippen molar-refractivity contribution in [3.8, 4) is 17.6 Å². The van der Waals surface area contributed by atoms with Crippen LogP contribution in [0.2, 0.25) is 0 Å². The minimum atomic E-state index is -3.91. The molecule has 0 aliphatic rings. The number of methoxy groups -OCH3 is 1. The summed E-state index contributed by atoms with van der Waals surface area (Å²) in [6.07, 6.45) is 0. The van der Waals surface area contributed by atoms with Gasteiger partial charge in [0.25, 0.3) is 15.9 Å². The maximum Gasteiger partial charge on any atom is 0.261 e. The van der Waals surface area contributed by atoms with Crippen LogP contribution in [0.5, 0.6) is 11.5 Å². The maximum absolute atomic E-state index is 12.8. The molecule has 0 aliphatic heterocycles. The second-order valence-corrected chi connectivity index (χ2v) is 8.42. The molecular weight excluding hydrogens is 430 g/mol. The topological polar surface area (TPSA) is 118 Å². The molecule has 3 aromatic rings. The quantitative estimate of drug-likeness (QED) is 0.535. The maximum atomic E-state index is 12.8. The molecule has 8 nitrogen and oxygen atoms in total. The minimum absolute atomic E-state index is 0.0377. The molecule has 0 unspecified atom stereocenters. The second kappa shape index (κ2) is 9.85. The van der Waals surface area contributed by atoms with Crippen LogP contribution >= 0.6 is 0 Å². The van der Waals surface area contributed by atoms with E-state index in [1.165, 1.54) is 19.2 Å². The highest BCUT2D eigenvalue weighted by molar-refractivity contribution is 7.92. The summed E-state index contributed by atoms with van der Waals surface area (Å²) in [6, 6.07) is 19.2. The third kappa shape index (κ3) is 5.56. The lowest BCUT2D eigenvalue weighted by Crippen LogP contribution is -2.17. The normalized spacial score (nSPS) is 10.7. The highest BCUT2D eigenvalue weighted by Gasteiger charge is 2.18. The van der Waals surface area contributed by atoms with Crippen LogP contribution in [0.3, 0.4) is 0 Å². The molecule has 0 heterocycles. The lowest BCUT2D eigenvalue weighted by Gasteiger charge is -2.12. The van der Waals surface area contributed by atoms with Crippen LogP contribution in [-0.4, -0.2) is 28.0 Å². The fourth-order valence-electron chi connectivity index (χ4n) is 2.83. The van der Waals surface area contributed by atoms with Gasteiger partial charge in [0.15, 0.2) is 6.61 Å². The van der Waals surface area contributed by atoms with Gasteiger partial charge in [0, 0.05) is 16.9 Å². The molecule has 1 amide bonds. The largest absolute Gasteiger partial charge is 0.497 e. The van der Waals surface area contributed by atoms with Crippen LogP contribution in [0.4, 0.5) is 11.4 Å². The van der Waals surface area contributed by atoms with Gasteiger partial charge in [0.05, 0.1) is 12.0 Å².